The average molecular weight is 359 g/mol. The average Bonchev–Trinajstić information content (AvgIpc) is 2.15. The first-order valence-electron chi connectivity index (χ1n) is 6.08. The van der Waals surface area contributed by atoms with Crippen LogP contribution in [0.25, 0.3) is 0 Å². The number of ether oxygens (including phenoxy) is 1. The molecule has 0 spiro atoms. The number of benzene rings is 1. The summed E-state index contributed by atoms with van der Waals surface area (Å²) < 4.78 is 6.57. The molecule has 1 aliphatic heterocycles. The molecule has 1 aromatic carbocycles. The molecule has 0 atom stereocenters. The monoisotopic (exact) mass is 359 g/mol. The van der Waals surface area contributed by atoms with Crippen LogP contribution in [0.5, 0.6) is 0 Å². The van der Waals surface area contributed by atoms with Crippen LogP contribution in [0.2, 0.25) is 0 Å². The van der Waals surface area contributed by atoms with Crippen LogP contribution in [0.3, 0.4) is 0 Å². The van der Waals surface area contributed by atoms with Gasteiger partial charge in [-0.15, -0.1) is 0 Å². The molecule has 1 heterocycles. The normalized spacial score (nSPS) is 16.3. The Balaban J connectivity index is 1.87. The van der Waals surface area contributed by atoms with Crippen molar-refractivity contribution < 1.29 is 9.53 Å². The Hall–Kier alpha value is -0.780. The maximum atomic E-state index is 11.8. The van der Waals surface area contributed by atoms with Crippen LogP contribution in [0.4, 0.5) is 4.79 Å². The number of nitrogens with zero attached hydrogens (tertiary/aromatic N) is 1. The van der Waals surface area contributed by atoms with Gasteiger partial charge in [-0.2, -0.15) is 0 Å². The second-order valence-electron chi connectivity index (χ2n) is 5.63. The van der Waals surface area contributed by atoms with Gasteiger partial charge in [-0.1, -0.05) is 12.1 Å². The second kappa shape index (κ2) is 5.07. The summed E-state index contributed by atoms with van der Waals surface area (Å²) in [4.78, 5) is 13.5. The Kier molecular flexibility index (Phi) is 3.84. The predicted octanol–water partition coefficient (Wildman–Crippen LogP) is 3.63. The fourth-order valence-electron chi connectivity index (χ4n) is 1.90. The van der Waals surface area contributed by atoms with E-state index in [1.807, 2.05) is 20.8 Å². The molecule has 18 heavy (non-hydrogen) atoms. The summed E-state index contributed by atoms with van der Waals surface area (Å²) in [6.45, 7) is 7.19. The van der Waals surface area contributed by atoms with Gasteiger partial charge in [0.2, 0.25) is 0 Å². The van der Waals surface area contributed by atoms with E-state index in [9.17, 15) is 4.79 Å². The highest BCUT2D eigenvalue weighted by Gasteiger charge is 2.34. The molecule has 0 aromatic heterocycles. The third-order valence-corrected chi connectivity index (χ3v) is 3.59. The van der Waals surface area contributed by atoms with E-state index in [1.165, 1.54) is 9.13 Å². The number of likely N-dealkylation sites (tertiary alicyclic amines) is 1. The van der Waals surface area contributed by atoms with Crippen molar-refractivity contribution in [2.75, 3.05) is 13.1 Å². The zero-order chi connectivity index (χ0) is 13.3. The molecule has 98 valence electrons. The molecule has 1 aliphatic rings. The van der Waals surface area contributed by atoms with E-state index in [-0.39, 0.29) is 6.09 Å². The largest absolute Gasteiger partial charge is 0.444 e. The van der Waals surface area contributed by atoms with E-state index in [4.69, 9.17) is 4.74 Å². The number of carbonyl (C=O) groups excluding carboxylic acids is 1. The second-order valence-corrected chi connectivity index (χ2v) is 6.88. The molecule has 1 saturated heterocycles. The van der Waals surface area contributed by atoms with Crippen molar-refractivity contribution in [3.63, 3.8) is 0 Å². The Morgan fingerprint density at radius 1 is 1.28 bits per heavy atom. The molecule has 3 nitrogen and oxygen atoms in total. The number of hydrogen-bond donors (Lipinski definition) is 0. The Labute approximate surface area is 122 Å². The molecule has 4 heteroatoms. The molecule has 0 aliphatic carbocycles. The summed E-state index contributed by atoms with van der Waals surface area (Å²) in [5.41, 5.74) is 0.889. The summed E-state index contributed by atoms with van der Waals surface area (Å²) in [6, 6.07) is 8.48. The number of hydrogen-bond acceptors (Lipinski definition) is 2. The smallest absolute Gasteiger partial charge is 0.410 e. The summed E-state index contributed by atoms with van der Waals surface area (Å²) in [5.74, 6) is 0.453. The van der Waals surface area contributed by atoms with E-state index >= 15 is 0 Å². The highest BCUT2D eigenvalue weighted by atomic mass is 127. The van der Waals surface area contributed by atoms with Crippen LogP contribution >= 0.6 is 22.6 Å². The van der Waals surface area contributed by atoms with E-state index in [0.29, 0.717) is 5.92 Å². The summed E-state index contributed by atoms with van der Waals surface area (Å²) >= 11 is 2.29. The Morgan fingerprint density at radius 3 is 2.33 bits per heavy atom. The zero-order valence-corrected chi connectivity index (χ0v) is 13.1. The molecule has 0 radical (unpaired) electrons. The lowest BCUT2D eigenvalue weighted by molar-refractivity contribution is 0.00820. The van der Waals surface area contributed by atoms with Crippen LogP contribution in [0.1, 0.15) is 32.3 Å². The number of halogens is 1. The molecule has 1 aromatic rings. The van der Waals surface area contributed by atoms with Gasteiger partial charge in [-0.3, -0.25) is 0 Å². The molecule has 0 saturated carbocycles. The van der Waals surface area contributed by atoms with E-state index in [2.05, 4.69) is 46.9 Å². The summed E-state index contributed by atoms with van der Waals surface area (Å²) in [5, 5.41) is 0. The summed E-state index contributed by atoms with van der Waals surface area (Å²) in [7, 11) is 0. The van der Waals surface area contributed by atoms with Gasteiger partial charge in [0.05, 0.1) is 0 Å². The molecule has 1 fully saturated rings. The number of carbonyl (C=O) groups is 1. The lowest BCUT2D eigenvalue weighted by Gasteiger charge is -2.40. The fraction of sp³-hybridized carbons (Fsp3) is 0.500. The summed E-state index contributed by atoms with van der Waals surface area (Å²) in [6.07, 6.45) is -0.204. The van der Waals surface area contributed by atoms with Crippen LogP contribution in [-0.2, 0) is 4.74 Å². The van der Waals surface area contributed by atoms with Crippen LogP contribution in [0, 0.1) is 3.57 Å². The van der Waals surface area contributed by atoms with Gasteiger partial charge in [0, 0.05) is 22.6 Å². The van der Waals surface area contributed by atoms with E-state index in [1.54, 1.807) is 4.90 Å². The van der Waals surface area contributed by atoms with Crippen molar-refractivity contribution in [1.29, 1.82) is 0 Å². The first-order chi connectivity index (χ1) is 8.35. The van der Waals surface area contributed by atoms with Gasteiger partial charge in [0.15, 0.2) is 0 Å². The topological polar surface area (TPSA) is 29.5 Å². The Bertz CT molecular complexity index is 430. The maximum Gasteiger partial charge on any atom is 0.410 e. The van der Waals surface area contributed by atoms with Gasteiger partial charge in [-0.25, -0.2) is 4.79 Å². The van der Waals surface area contributed by atoms with Crippen molar-refractivity contribution in [2.24, 2.45) is 0 Å². The lowest BCUT2D eigenvalue weighted by atomic mass is 9.92. The lowest BCUT2D eigenvalue weighted by Crippen LogP contribution is -2.50. The highest BCUT2D eigenvalue weighted by Crippen LogP contribution is 2.28. The standard InChI is InChI=1S/C14H18INO2/c1-14(2,3)18-13(17)16-8-11(9-16)10-4-6-12(15)7-5-10/h4-7,11H,8-9H2,1-3H3. The van der Waals surface area contributed by atoms with Gasteiger partial charge < -0.3 is 9.64 Å². The molecular formula is C14H18INO2. The number of amides is 1. The molecule has 0 N–H and O–H groups in total. The van der Waals surface area contributed by atoms with E-state index in [0.717, 1.165) is 13.1 Å². The van der Waals surface area contributed by atoms with Crippen molar-refractivity contribution in [2.45, 2.75) is 32.3 Å². The number of rotatable bonds is 1. The third-order valence-electron chi connectivity index (χ3n) is 2.87. The third kappa shape index (κ3) is 3.37. The van der Waals surface area contributed by atoms with E-state index < -0.39 is 5.60 Å². The minimum absolute atomic E-state index is 0.204. The van der Waals surface area contributed by atoms with Gasteiger partial charge in [0.1, 0.15) is 5.60 Å². The van der Waals surface area contributed by atoms with Crippen molar-refractivity contribution >= 4 is 28.7 Å². The molecule has 0 bridgehead atoms. The van der Waals surface area contributed by atoms with Crippen LogP contribution < -0.4 is 0 Å². The maximum absolute atomic E-state index is 11.8. The van der Waals surface area contributed by atoms with Crippen molar-refractivity contribution in [1.82, 2.24) is 4.90 Å². The van der Waals surface area contributed by atoms with Crippen molar-refractivity contribution in [3.05, 3.63) is 33.4 Å². The molecule has 1 amide bonds. The van der Waals surface area contributed by atoms with Crippen LogP contribution in [0.15, 0.2) is 24.3 Å². The van der Waals surface area contributed by atoms with Crippen molar-refractivity contribution in [3.8, 4) is 0 Å². The van der Waals surface area contributed by atoms with Gasteiger partial charge in [0.25, 0.3) is 0 Å². The highest BCUT2D eigenvalue weighted by molar-refractivity contribution is 14.1. The minimum Gasteiger partial charge on any atom is -0.444 e. The van der Waals surface area contributed by atoms with Gasteiger partial charge >= 0.3 is 6.09 Å². The minimum atomic E-state index is -0.412. The first kappa shape index (κ1) is 13.6. The molecule has 0 unspecified atom stereocenters. The SMILES string of the molecule is CC(C)(C)OC(=O)N1CC(c2ccc(I)cc2)C1. The predicted molar refractivity (Wildman–Crippen MR) is 79.7 cm³/mol. The molecule has 2 rings (SSSR count). The zero-order valence-electron chi connectivity index (χ0n) is 10.9. The quantitative estimate of drug-likeness (QED) is 0.717. The first-order valence-corrected chi connectivity index (χ1v) is 7.16. The fourth-order valence-corrected chi connectivity index (χ4v) is 2.26. The van der Waals surface area contributed by atoms with Gasteiger partial charge in [-0.05, 0) is 61.1 Å². The molecular weight excluding hydrogens is 341 g/mol. The van der Waals surface area contributed by atoms with Crippen LogP contribution in [-0.4, -0.2) is 29.7 Å². The Morgan fingerprint density at radius 2 is 1.83 bits per heavy atom.